The monoisotopic (exact) mass is 275 g/mol. The van der Waals surface area contributed by atoms with Crippen LogP contribution in [0.1, 0.15) is 51.3 Å². The molecule has 20 heavy (non-hydrogen) atoms. The first kappa shape index (κ1) is 15.5. The molecule has 0 saturated carbocycles. The van der Waals surface area contributed by atoms with E-state index >= 15 is 0 Å². The zero-order valence-corrected chi connectivity index (χ0v) is 13.3. The Bertz CT molecular complexity index is 391. The van der Waals surface area contributed by atoms with E-state index in [1.165, 1.54) is 43.6 Å². The van der Waals surface area contributed by atoms with E-state index in [0.29, 0.717) is 5.41 Å². The summed E-state index contributed by atoms with van der Waals surface area (Å²) in [7, 11) is 0. The Labute approximate surface area is 123 Å². The normalized spacial score (nSPS) is 19.1. The molecule has 0 bridgehead atoms. The average Bonchev–Trinajstić information content (AvgIpc) is 2.49. The van der Waals surface area contributed by atoms with Crippen LogP contribution in [0, 0.1) is 5.41 Å². The van der Waals surface area contributed by atoms with Crippen molar-refractivity contribution in [2.45, 2.75) is 53.1 Å². The van der Waals surface area contributed by atoms with Gasteiger partial charge in [0.2, 0.25) is 0 Å². The summed E-state index contributed by atoms with van der Waals surface area (Å²) in [6.45, 7) is 12.2. The molecule has 3 heteroatoms. The van der Waals surface area contributed by atoms with Crippen LogP contribution in [0.5, 0.6) is 0 Å². The second kappa shape index (κ2) is 7.19. The number of aromatic nitrogens is 1. The van der Waals surface area contributed by atoms with E-state index in [0.717, 1.165) is 19.6 Å². The molecule has 0 amide bonds. The summed E-state index contributed by atoms with van der Waals surface area (Å²) >= 11 is 0. The fourth-order valence-electron chi connectivity index (χ4n) is 2.76. The maximum Gasteiger partial charge on any atom is 0.0544 e. The Morgan fingerprint density at radius 3 is 2.55 bits per heavy atom. The Morgan fingerprint density at radius 2 is 2.00 bits per heavy atom. The van der Waals surface area contributed by atoms with Gasteiger partial charge in [-0.3, -0.25) is 9.88 Å². The molecule has 0 aromatic carbocycles. The van der Waals surface area contributed by atoms with Crippen molar-refractivity contribution in [3.63, 3.8) is 0 Å². The van der Waals surface area contributed by atoms with Gasteiger partial charge in [0.05, 0.1) is 5.69 Å². The molecule has 112 valence electrons. The second-order valence-electron chi connectivity index (χ2n) is 6.38. The van der Waals surface area contributed by atoms with Gasteiger partial charge in [0.15, 0.2) is 0 Å². The summed E-state index contributed by atoms with van der Waals surface area (Å²) < 4.78 is 0. The largest absolute Gasteiger partial charge is 0.313 e. The van der Waals surface area contributed by atoms with Crippen molar-refractivity contribution < 1.29 is 0 Å². The zero-order valence-electron chi connectivity index (χ0n) is 13.3. The van der Waals surface area contributed by atoms with Gasteiger partial charge in [-0.2, -0.15) is 0 Å². The fraction of sp³-hybridized carbons (Fsp3) is 0.706. The summed E-state index contributed by atoms with van der Waals surface area (Å²) in [5.41, 5.74) is 3.04. The molecule has 2 rings (SSSR count). The van der Waals surface area contributed by atoms with Crippen LogP contribution in [0.4, 0.5) is 0 Å². The summed E-state index contributed by atoms with van der Waals surface area (Å²) in [6.07, 6.45) is 5.96. The lowest BCUT2D eigenvalue weighted by molar-refractivity contribution is 0.109. The molecule has 1 aliphatic heterocycles. The number of hydrogen-bond acceptors (Lipinski definition) is 3. The van der Waals surface area contributed by atoms with Gasteiger partial charge in [-0.15, -0.1) is 0 Å². The molecule has 0 aliphatic carbocycles. The predicted octanol–water partition coefficient (Wildman–Crippen LogP) is 3.20. The molecule has 1 aromatic rings. The number of rotatable bonds is 6. The third-order valence-corrected chi connectivity index (χ3v) is 4.77. The highest BCUT2D eigenvalue weighted by Crippen LogP contribution is 2.34. The van der Waals surface area contributed by atoms with Gasteiger partial charge in [0.25, 0.3) is 0 Å². The lowest BCUT2D eigenvalue weighted by Gasteiger charge is -2.38. The third kappa shape index (κ3) is 4.29. The zero-order chi connectivity index (χ0) is 14.4. The van der Waals surface area contributed by atoms with Gasteiger partial charge in [-0.05, 0) is 49.5 Å². The van der Waals surface area contributed by atoms with Crippen LogP contribution in [0.15, 0.2) is 18.3 Å². The first-order valence-corrected chi connectivity index (χ1v) is 8.02. The molecule has 2 heterocycles. The molecule has 0 unspecified atom stereocenters. The molecule has 3 nitrogen and oxygen atoms in total. The summed E-state index contributed by atoms with van der Waals surface area (Å²) in [5.74, 6) is 0. The van der Waals surface area contributed by atoms with E-state index in [2.05, 4.69) is 48.1 Å². The quantitative estimate of drug-likeness (QED) is 0.864. The van der Waals surface area contributed by atoms with E-state index in [-0.39, 0.29) is 0 Å². The Hall–Kier alpha value is -0.930. The summed E-state index contributed by atoms with van der Waals surface area (Å²) in [4.78, 5) is 7.15. The maximum absolute atomic E-state index is 4.60. The van der Waals surface area contributed by atoms with Crippen molar-refractivity contribution >= 4 is 0 Å². The maximum atomic E-state index is 4.60. The van der Waals surface area contributed by atoms with Crippen LogP contribution in [-0.4, -0.2) is 29.5 Å². The molecular formula is C17H29N3. The molecule has 1 aliphatic rings. The third-order valence-electron chi connectivity index (χ3n) is 4.77. The molecule has 1 fully saturated rings. The lowest BCUT2D eigenvalue weighted by Crippen LogP contribution is -2.38. The minimum absolute atomic E-state index is 0.569. The first-order valence-electron chi connectivity index (χ1n) is 8.02. The second-order valence-corrected chi connectivity index (χ2v) is 6.38. The Kier molecular flexibility index (Phi) is 5.55. The fourth-order valence-corrected chi connectivity index (χ4v) is 2.76. The molecule has 1 N–H and O–H groups in total. The SMILES string of the molecule is CCNCc1ccc(CN2CCC(C)(CC)CC2)nc1. The van der Waals surface area contributed by atoms with Crippen LogP contribution in [0.2, 0.25) is 0 Å². The van der Waals surface area contributed by atoms with Crippen LogP contribution < -0.4 is 5.32 Å². The number of hydrogen-bond donors (Lipinski definition) is 1. The van der Waals surface area contributed by atoms with E-state index in [4.69, 9.17) is 0 Å². The highest BCUT2D eigenvalue weighted by Gasteiger charge is 2.28. The van der Waals surface area contributed by atoms with Crippen molar-refractivity contribution in [3.8, 4) is 0 Å². The van der Waals surface area contributed by atoms with Crippen LogP contribution in [0.25, 0.3) is 0 Å². The summed E-state index contributed by atoms with van der Waals surface area (Å²) in [5, 5.41) is 3.33. The molecule has 1 aromatic heterocycles. The number of likely N-dealkylation sites (tertiary alicyclic amines) is 1. The molecule has 1 saturated heterocycles. The van der Waals surface area contributed by atoms with Gasteiger partial charge in [0.1, 0.15) is 0 Å². The van der Waals surface area contributed by atoms with Crippen molar-refractivity contribution in [1.82, 2.24) is 15.2 Å². The highest BCUT2D eigenvalue weighted by atomic mass is 15.1. The highest BCUT2D eigenvalue weighted by molar-refractivity contribution is 5.14. The van der Waals surface area contributed by atoms with Crippen LogP contribution in [0.3, 0.4) is 0 Å². The van der Waals surface area contributed by atoms with Crippen LogP contribution >= 0.6 is 0 Å². The first-order chi connectivity index (χ1) is 9.65. The number of nitrogens with zero attached hydrogens (tertiary/aromatic N) is 2. The minimum atomic E-state index is 0.569. The van der Waals surface area contributed by atoms with E-state index in [1.807, 2.05) is 6.20 Å². The lowest BCUT2D eigenvalue weighted by atomic mass is 9.78. The van der Waals surface area contributed by atoms with Crippen molar-refractivity contribution in [2.75, 3.05) is 19.6 Å². The molecule has 0 spiro atoms. The van der Waals surface area contributed by atoms with Gasteiger partial charge < -0.3 is 5.32 Å². The van der Waals surface area contributed by atoms with Gasteiger partial charge in [0, 0.05) is 19.3 Å². The molecule has 0 radical (unpaired) electrons. The van der Waals surface area contributed by atoms with Crippen LogP contribution in [-0.2, 0) is 13.1 Å². The van der Waals surface area contributed by atoms with E-state index in [9.17, 15) is 0 Å². The van der Waals surface area contributed by atoms with E-state index < -0.39 is 0 Å². The number of nitrogens with one attached hydrogen (secondary N) is 1. The summed E-state index contributed by atoms with van der Waals surface area (Å²) in [6, 6.07) is 4.38. The Balaban J connectivity index is 1.82. The standard InChI is InChI=1S/C17H29N3/c1-4-17(3)8-10-20(11-9-17)14-16-7-6-15(13-19-16)12-18-5-2/h6-7,13,18H,4-5,8-12,14H2,1-3H3. The van der Waals surface area contributed by atoms with Crippen molar-refractivity contribution in [3.05, 3.63) is 29.6 Å². The van der Waals surface area contributed by atoms with Gasteiger partial charge in [-0.1, -0.05) is 33.3 Å². The number of piperidine rings is 1. The van der Waals surface area contributed by atoms with Crippen molar-refractivity contribution in [1.29, 1.82) is 0 Å². The molecular weight excluding hydrogens is 246 g/mol. The Morgan fingerprint density at radius 1 is 1.25 bits per heavy atom. The number of pyridine rings is 1. The van der Waals surface area contributed by atoms with Gasteiger partial charge in [-0.25, -0.2) is 0 Å². The predicted molar refractivity (Wildman–Crippen MR) is 84.5 cm³/mol. The smallest absolute Gasteiger partial charge is 0.0544 e. The van der Waals surface area contributed by atoms with Gasteiger partial charge >= 0.3 is 0 Å². The van der Waals surface area contributed by atoms with Crippen molar-refractivity contribution in [2.24, 2.45) is 5.41 Å². The van der Waals surface area contributed by atoms with E-state index in [1.54, 1.807) is 0 Å². The topological polar surface area (TPSA) is 28.2 Å². The molecule has 0 atom stereocenters. The average molecular weight is 275 g/mol. The minimum Gasteiger partial charge on any atom is -0.313 e.